The monoisotopic (exact) mass is 607 g/mol. The van der Waals surface area contributed by atoms with Crippen molar-refractivity contribution in [1.29, 1.82) is 0 Å². The van der Waals surface area contributed by atoms with Gasteiger partial charge in [-0.25, -0.2) is 5.43 Å². The van der Waals surface area contributed by atoms with Gasteiger partial charge in [-0.1, -0.05) is 11.6 Å². The first kappa shape index (κ1) is 26.9. The van der Waals surface area contributed by atoms with Crippen LogP contribution in [0, 0.1) is 27.2 Å². The lowest BCUT2D eigenvalue weighted by Crippen LogP contribution is -2.37. The number of aromatic nitrogens is 3. The fourth-order valence-electron chi connectivity index (χ4n) is 3.37. The molecule has 1 aliphatic rings. The molecule has 4 rings (SSSR count). The zero-order valence-electron chi connectivity index (χ0n) is 19.6. The second-order valence-electron chi connectivity index (χ2n) is 7.88. The van der Waals surface area contributed by atoms with Crippen LogP contribution in [0.25, 0.3) is 0 Å². The van der Waals surface area contributed by atoms with Crippen molar-refractivity contribution < 1.29 is 19.7 Å². The summed E-state index contributed by atoms with van der Waals surface area (Å²) in [5.41, 5.74) is 2.38. The molecule has 2 aromatic carbocycles. The quantitative estimate of drug-likeness (QED) is 0.188. The molecule has 0 bridgehead atoms. The van der Waals surface area contributed by atoms with Crippen molar-refractivity contribution in [2.24, 2.45) is 5.10 Å². The average molecular weight is 609 g/mol. The number of hydrazone groups is 1. The minimum Gasteiger partial charge on any atom is -0.502 e. The Labute approximate surface area is 227 Å². The van der Waals surface area contributed by atoms with E-state index in [1.54, 1.807) is 6.07 Å². The molecule has 2 heterocycles. The lowest BCUT2D eigenvalue weighted by Gasteiger charge is -2.27. The normalized spacial score (nSPS) is 13.5. The lowest BCUT2D eigenvalue weighted by atomic mass is 10.1. The zero-order chi connectivity index (χ0) is 27.4. The molecule has 3 N–H and O–H groups in total. The van der Waals surface area contributed by atoms with Crippen LogP contribution in [-0.4, -0.2) is 62.4 Å². The molecule has 1 fully saturated rings. The number of aryl methyl sites for hydroxylation is 1. The Hall–Kier alpha value is -4.15. The van der Waals surface area contributed by atoms with Gasteiger partial charge in [0.2, 0.25) is 23.6 Å². The van der Waals surface area contributed by atoms with E-state index < -0.39 is 27.0 Å². The summed E-state index contributed by atoms with van der Waals surface area (Å²) in [5.74, 6) is -0.298. The molecule has 198 valence electrons. The van der Waals surface area contributed by atoms with Crippen LogP contribution < -0.4 is 15.6 Å². The topological polar surface area (TPSA) is 194 Å². The predicted molar refractivity (Wildman–Crippen MR) is 143 cm³/mol. The van der Waals surface area contributed by atoms with Crippen molar-refractivity contribution in [2.45, 2.75) is 6.92 Å². The zero-order valence-corrected chi connectivity index (χ0v) is 21.9. The molecule has 0 atom stereocenters. The number of morpholine rings is 1. The van der Waals surface area contributed by atoms with Crippen molar-refractivity contribution in [3.63, 3.8) is 0 Å². The van der Waals surface area contributed by atoms with E-state index in [0.29, 0.717) is 49.0 Å². The first-order valence-corrected chi connectivity index (χ1v) is 12.1. The summed E-state index contributed by atoms with van der Waals surface area (Å²) in [7, 11) is 0. The number of nitrogens with zero attached hydrogens (tertiary/aromatic N) is 7. The van der Waals surface area contributed by atoms with Crippen molar-refractivity contribution in [3.05, 3.63) is 65.1 Å². The van der Waals surface area contributed by atoms with Crippen LogP contribution in [0.4, 0.5) is 34.9 Å². The number of aromatic hydroxyl groups is 1. The van der Waals surface area contributed by atoms with Gasteiger partial charge < -0.3 is 20.1 Å². The number of non-ortho nitro benzene ring substituents is 1. The highest BCUT2D eigenvalue weighted by Crippen LogP contribution is 2.34. The summed E-state index contributed by atoms with van der Waals surface area (Å²) in [5, 5.41) is 40.1. The molecule has 1 aliphatic heterocycles. The predicted octanol–water partition coefficient (Wildman–Crippen LogP) is 4.14. The number of phenols is 1. The Morgan fingerprint density at radius 1 is 1.13 bits per heavy atom. The number of nitro groups is 2. The third kappa shape index (κ3) is 6.21. The first-order valence-electron chi connectivity index (χ1n) is 10.9. The number of rotatable bonds is 8. The van der Waals surface area contributed by atoms with Gasteiger partial charge in [-0.15, -0.1) is 0 Å². The van der Waals surface area contributed by atoms with Crippen LogP contribution in [0.1, 0.15) is 11.1 Å². The summed E-state index contributed by atoms with van der Waals surface area (Å²) in [6.07, 6.45) is 0.983. The second kappa shape index (κ2) is 11.5. The van der Waals surface area contributed by atoms with E-state index >= 15 is 0 Å². The molecule has 0 saturated carbocycles. The van der Waals surface area contributed by atoms with Crippen LogP contribution in [0.5, 0.6) is 5.75 Å². The number of nitro benzene ring substituents is 2. The molecule has 0 radical (unpaired) electrons. The highest BCUT2D eigenvalue weighted by atomic mass is 79.9. The van der Waals surface area contributed by atoms with Gasteiger partial charge in [0.1, 0.15) is 0 Å². The second-order valence-corrected chi connectivity index (χ2v) is 9.14. The van der Waals surface area contributed by atoms with Crippen LogP contribution in [0.2, 0.25) is 5.02 Å². The van der Waals surface area contributed by atoms with Crippen molar-refractivity contribution in [2.75, 3.05) is 41.9 Å². The van der Waals surface area contributed by atoms with Gasteiger partial charge in [-0.05, 0) is 40.5 Å². The smallest absolute Gasteiger partial charge is 0.318 e. The van der Waals surface area contributed by atoms with Gasteiger partial charge in [-0.3, -0.25) is 20.2 Å². The van der Waals surface area contributed by atoms with Gasteiger partial charge in [-0.2, -0.15) is 20.1 Å². The van der Waals surface area contributed by atoms with E-state index in [-0.39, 0.29) is 17.5 Å². The number of anilines is 4. The minimum absolute atomic E-state index is 0.00556. The largest absolute Gasteiger partial charge is 0.502 e. The highest BCUT2D eigenvalue weighted by Gasteiger charge is 2.23. The maximum atomic E-state index is 11.2. The van der Waals surface area contributed by atoms with Gasteiger partial charge in [0.05, 0.1) is 46.6 Å². The number of phenolic OH excluding ortho intramolecular Hbond substituents is 1. The fraction of sp³-hybridized carbons (Fsp3) is 0.238. The van der Waals surface area contributed by atoms with Crippen molar-refractivity contribution in [3.8, 4) is 5.75 Å². The summed E-state index contributed by atoms with van der Waals surface area (Å²) in [6.45, 7) is 3.91. The van der Waals surface area contributed by atoms with Crippen LogP contribution in [0.15, 0.2) is 33.8 Å². The Balaban J connectivity index is 1.66. The summed E-state index contributed by atoms with van der Waals surface area (Å²) < 4.78 is 6.11. The number of nitrogens with one attached hydrogen (secondary N) is 2. The molecule has 0 amide bonds. The fourth-order valence-corrected chi connectivity index (χ4v) is 4.09. The van der Waals surface area contributed by atoms with Gasteiger partial charge in [0.25, 0.3) is 5.69 Å². The van der Waals surface area contributed by atoms with Gasteiger partial charge >= 0.3 is 5.69 Å². The first-order chi connectivity index (χ1) is 18.1. The van der Waals surface area contributed by atoms with E-state index in [1.807, 2.05) is 17.9 Å². The molecule has 1 saturated heterocycles. The van der Waals surface area contributed by atoms with Crippen LogP contribution in [-0.2, 0) is 4.74 Å². The summed E-state index contributed by atoms with van der Waals surface area (Å²) >= 11 is 9.75. The Bertz CT molecular complexity index is 1430. The summed E-state index contributed by atoms with van der Waals surface area (Å²) in [4.78, 5) is 35.6. The molecule has 0 spiro atoms. The molecule has 3 aromatic rings. The SMILES string of the molecule is Cc1cc(Br)c(Nc2nc(N/N=C\c3cc([N+](=O)[O-])cc([N+](=O)[O-])c3O)nc(N3CCOCC3)n2)cc1Cl. The Morgan fingerprint density at radius 3 is 2.53 bits per heavy atom. The van der Waals surface area contributed by atoms with Gasteiger partial charge in [0.15, 0.2) is 0 Å². The maximum absolute atomic E-state index is 11.2. The standard InChI is InChI=1S/C21H19BrClN9O6/c1-11-6-14(22)16(9-15(11)23)25-19-26-20(28-21(27-19)30-2-4-38-5-3-30)29-24-10-12-7-13(31(34)35)8-17(18(12)33)32(36)37/h6-10,33H,2-5H2,1H3,(H2,25,26,27,28,29)/b24-10-. The number of ether oxygens (including phenoxy) is 1. The van der Waals surface area contributed by atoms with Gasteiger partial charge in [0, 0.05) is 28.7 Å². The number of halogens is 2. The molecule has 1 aromatic heterocycles. The molecule has 15 nitrogen and oxygen atoms in total. The maximum Gasteiger partial charge on any atom is 0.318 e. The van der Waals surface area contributed by atoms with E-state index in [2.05, 4.69) is 46.7 Å². The number of benzene rings is 2. The third-order valence-corrected chi connectivity index (χ3v) is 6.36. The highest BCUT2D eigenvalue weighted by molar-refractivity contribution is 9.10. The van der Waals surface area contributed by atoms with Crippen molar-refractivity contribution >= 4 is 68.7 Å². The van der Waals surface area contributed by atoms with Crippen molar-refractivity contribution in [1.82, 2.24) is 15.0 Å². The molecule has 38 heavy (non-hydrogen) atoms. The van der Waals surface area contributed by atoms with Crippen LogP contribution in [0.3, 0.4) is 0 Å². The van der Waals surface area contributed by atoms with E-state index in [9.17, 15) is 25.3 Å². The van der Waals surface area contributed by atoms with E-state index in [0.717, 1.165) is 22.3 Å². The molecular weight excluding hydrogens is 590 g/mol. The molecule has 0 unspecified atom stereocenters. The third-order valence-electron chi connectivity index (χ3n) is 5.29. The molecular formula is C21H19BrClN9O6. The van der Waals surface area contributed by atoms with E-state index in [4.69, 9.17) is 16.3 Å². The van der Waals surface area contributed by atoms with Crippen LogP contribution >= 0.6 is 27.5 Å². The lowest BCUT2D eigenvalue weighted by molar-refractivity contribution is -0.394. The number of hydrogen-bond acceptors (Lipinski definition) is 13. The van der Waals surface area contributed by atoms with E-state index in [1.165, 1.54) is 0 Å². The molecule has 0 aliphatic carbocycles. The average Bonchev–Trinajstić information content (AvgIpc) is 2.88. The molecule has 17 heteroatoms. The minimum atomic E-state index is -0.929. The summed E-state index contributed by atoms with van der Waals surface area (Å²) in [6, 6.07) is 5.16. The number of hydrogen-bond donors (Lipinski definition) is 3. The Kier molecular flexibility index (Phi) is 8.13. The Morgan fingerprint density at radius 2 is 1.84 bits per heavy atom.